The van der Waals surface area contributed by atoms with Crippen molar-refractivity contribution in [2.24, 2.45) is 0 Å². The third-order valence-corrected chi connectivity index (χ3v) is 3.86. The Hall–Kier alpha value is -2.09. The quantitative estimate of drug-likeness (QED) is 0.448. The summed E-state index contributed by atoms with van der Waals surface area (Å²) in [5.74, 6) is -0.0259. The lowest BCUT2D eigenvalue weighted by Crippen LogP contribution is -2.38. The number of amides is 1. The molecule has 0 radical (unpaired) electrons. The number of esters is 1. The molecular formula is C18H25ClN2O5. The standard InChI is InChI=1S/C18H24N2O5.ClH/c1-3-8-19-17(23)11-24-14-6-4-13(5-7-14)9-15-18(25-12(2)21)16(22)10-20-15;/h3-7,15-16,18,20,22H,1,8-11H2,2H3,(H,19,23);1H/t15-,16+,18+;/m1./s1. The number of nitrogens with one attached hydrogen (secondary N) is 2. The van der Waals surface area contributed by atoms with Crippen molar-refractivity contribution in [3.05, 3.63) is 42.5 Å². The number of hydrogen-bond acceptors (Lipinski definition) is 6. The van der Waals surface area contributed by atoms with Gasteiger partial charge in [0.25, 0.3) is 5.91 Å². The van der Waals surface area contributed by atoms with Gasteiger partial charge in [-0.05, 0) is 24.1 Å². The Morgan fingerprint density at radius 3 is 2.69 bits per heavy atom. The lowest BCUT2D eigenvalue weighted by molar-refractivity contribution is -0.151. The number of carbonyl (C=O) groups excluding carboxylic acids is 2. The van der Waals surface area contributed by atoms with Gasteiger partial charge in [0.05, 0.1) is 6.04 Å². The number of aliphatic hydroxyl groups excluding tert-OH is 1. The minimum Gasteiger partial charge on any atom is -0.484 e. The van der Waals surface area contributed by atoms with E-state index in [1.54, 1.807) is 18.2 Å². The maximum Gasteiger partial charge on any atom is 0.303 e. The summed E-state index contributed by atoms with van der Waals surface area (Å²) >= 11 is 0. The van der Waals surface area contributed by atoms with E-state index in [9.17, 15) is 14.7 Å². The predicted molar refractivity (Wildman–Crippen MR) is 99.4 cm³/mol. The average Bonchev–Trinajstić information content (AvgIpc) is 2.92. The summed E-state index contributed by atoms with van der Waals surface area (Å²) in [5.41, 5.74) is 1.01. The maximum absolute atomic E-state index is 11.5. The smallest absolute Gasteiger partial charge is 0.303 e. The van der Waals surface area contributed by atoms with E-state index in [0.29, 0.717) is 25.3 Å². The molecule has 8 heteroatoms. The molecule has 0 saturated carbocycles. The van der Waals surface area contributed by atoms with E-state index >= 15 is 0 Å². The zero-order valence-corrected chi connectivity index (χ0v) is 15.5. The SMILES string of the molecule is C=CCNC(=O)COc1ccc(C[C@H]2NC[C@H](O)[C@H]2OC(C)=O)cc1.Cl. The van der Waals surface area contributed by atoms with Crippen molar-refractivity contribution in [1.29, 1.82) is 0 Å². The lowest BCUT2D eigenvalue weighted by atomic mass is 10.0. The first-order chi connectivity index (χ1) is 12.0. The van der Waals surface area contributed by atoms with Gasteiger partial charge in [0.15, 0.2) is 6.61 Å². The Balaban J connectivity index is 0.00000338. The molecule has 1 fully saturated rings. The molecule has 2 rings (SSSR count). The Labute approximate surface area is 159 Å². The van der Waals surface area contributed by atoms with Gasteiger partial charge in [-0.25, -0.2) is 0 Å². The van der Waals surface area contributed by atoms with Gasteiger partial charge in [0, 0.05) is 20.0 Å². The number of carbonyl (C=O) groups is 2. The first-order valence-corrected chi connectivity index (χ1v) is 8.17. The Morgan fingerprint density at radius 2 is 2.08 bits per heavy atom. The van der Waals surface area contributed by atoms with Crippen LogP contribution < -0.4 is 15.4 Å². The van der Waals surface area contributed by atoms with Crippen molar-refractivity contribution >= 4 is 24.3 Å². The van der Waals surface area contributed by atoms with Crippen LogP contribution in [0.3, 0.4) is 0 Å². The second-order valence-corrected chi connectivity index (χ2v) is 5.89. The zero-order valence-electron chi connectivity index (χ0n) is 14.6. The highest BCUT2D eigenvalue weighted by Crippen LogP contribution is 2.19. The first-order valence-electron chi connectivity index (χ1n) is 8.17. The number of ether oxygens (including phenoxy) is 2. The first kappa shape index (κ1) is 22.0. The summed E-state index contributed by atoms with van der Waals surface area (Å²) in [4.78, 5) is 22.6. The minimum absolute atomic E-state index is 0. The molecule has 0 bridgehead atoms. The number of β-amino-alcohol motifs (C(OH)–C–C–N with tert-alkyl or cyclic N) is 1. The van der Waals surface area contributed by atoms with Crippen molar-refractivity contribution in [3.63, 3.8) is 0 Å². The summed E-state index contributed by atoms with van der Waals surface area (Å²) in [6.45, 7) is 5.60. The van der Waals surface area contributed by atoms with E-state index in [-0.39, 0.29) is 31.0 Å². The molecule has 1 aliphatic heterocycles. The molecule has 1 heterocycles. The molecule has 0 aromatic heterocycles. The van der Waals surface area contributed by atoms with Crippen molar-refractivity contribution in [2.45, 2.75) is 31.6 Å². The molecule has 1 aromatic rings. The van der Waals surface area contributed by atoms with Crippen molar-refractivity contribution in [3.8, 4) is 5.75 Å². The highest BCUT2D eigenvalue weighted by molar-refractivity contribution is 5.85. The molecule has 1 aliphatic rings. The summed E-state index contributed by atoms with van der Waals surface area (Å²) in [7, 11) is 0. The molecule has 1 saturated heterocycles. The molecule has 3 atom stereocenters. The summed E-state index contributed by atoms with van der Waals surface area (Å²) in [5, 5.41) is 15.7. The van der Waals surface area contributed by atoms with Crippen LogP contribution in [0.15, 0.2) is 36.9 Å². The van der Waals surface area contributed by atoms with E-state index in [1.807, 2.05) is 12.1 Å². The van der Waals surface area contributed by atoms with Crippen molar-refractivity contribution in [2.75, 3.05) is 19.7 Å². The highest BCUT2D eigenvalue weighted by atomic mass is 35.5. The monoisotopic (exact) mass is 384 g/mol. The summed E-state index contributed by atoms with van der Waals surface area (Å²) in [6, 6.07) is 7.18. The fourth-order valence-corrected chi connectivity index (χ4v) is 2.67. The van der Waals surface area contributed by atoms with Gasteiger partial charge in [-0.15, -0.1) is 19.0 Å². The predicted octanol–water partition coefficient (Wildman–Crippen LogP) is 0.596. The zero-order chi connectivity index (χ0) is 18.2. The minimum atomic E-state index is -0.703. The number of benzene rings is 1. The van der Waals surface area contributed by atoms with Crippen LogP contribution in [0, 0.1) is 0 Å². The van der Waals surface area contributed by atoms with Crippen LogP contribution in [-0.2, 0) is 20.7 Å². The largest absolute Gasteiger partial charge is 0.484 e. The normalized spacial score (nSPS) is 21.4. The molecule has 3 N–H and O–H groups in total. The van der Waals surface area contributed by atoms with Crippen LogP contribution in [0.2, 0.25) is 0 Å². The van der Waals surface area contributed by atoms with E-state index < -0.39 is 18.2 Å². The number of rotatable bonds is 8. The molecule has 0 spiro atoms. The van der Waals surface area contributed by atoms with Crippen LogP contribution in [0.1, 0.15) is 12.5 Å². The van der Waals surface area contributed by atoms with Gasteiger partial charge in [0.2, 0.25) is 0 Å². The van der Waals surface area contributed by atoms with Crippen LogP contribution >= 0.6 is 12.4 Å². The van der Waals surface area contributed by atoms with Gasteiger partial charge < -0.3 is 25.2 Å². The third kappa shape index (κ3) is 6.67. The summed E-state index contributed by atoms with van der Waals surface area (Å²) < 4.78 is 10.6. The molecule has 7 nitrogen and oxygen atoms in total. The second-order valence-electron chi connectivity index (χ2n) is 5.89. The number of hydrogen-bond donors (Lipinski definition) is 3. The molecular weight excluding hydrogens is 360 g/mol. The van der Waals surface area contributed by atoms with E-state index in [1.165, 1.54) is 6.92 Å². The van der Waals surface area contributed by atoms with E-state index in [0.717, 1.165) is 5.56 Å². The lowest BCUT2D eigenvalue weighted by Gasteiger charge is -2.21. The van der Waals surface area contributed by atoms with Gasteiger partial charge in [0.1, 0.15) is 18.0 Å². The van der Waals surface area contributed by atoms with Gasteiger partial charge in [-0.1, -0.05) is 18.2 Å². The van der Waals surface area contributed by atoms with Gasteiger partial charge in [-0.3, -0.25) is 9.59 Å². The third-order valence-electron chi connectivity index (χ3n) is 3.86. The van der Waals surface area contributed by atoms with E-state index in [4.69, 9.17) is 9.47 Å². The molecule has 26 heavy (non-hydrogen) atoms. The average molecular weight is 385 g/mol. The van der Waals surface area contributed by atoms with Crippen LogP contribution in [0.5, 0.6) is 5.75 Å². The van der Waals surface area contributed by atoms with Crippen LogP contribution in [-0.4, -0.2) is 54.9 Å². The molecule has 1 aromatic carbocycles. The topological polar surface area (TPSA) is 96.9 Å². The van der Waals surface area contributed by atoms with E-state index in [2.05, 4.69) is 17.2 Å². The molecule has 1 amide bonds. The fourth-order valence-electron chi connectivity index (χ4n) is 2.67. The van der Waals surface area contributed by atoms with Crippen LogP contribution in [0.25, 0.3) is 0 Å². The second kappa shape index (κ2) is 10.8. The Morgan fingerprint density at radius 1 is 1.38 bits per heavy atom. The number of aliphatic hydroxyl groups is 1. The van der Waals surface area contributed by atoms with Gasteiger partial charge >= 0.3 is 5.97 Å². The maximum atomic E-state index is 11.5. The summed E-state index contributed by atoms with van der Waals surface area (Å²) in [6.07, 6.45) is 0.950. The van der Waals surface area contributed by atoms with Crippen molar-refractivity contribution < 1.29 is 24.2 Å². The van der Waals surface area contributed by atoms with Crippen molar-refractivity contribution in [1.82, 2.24) is 10.6 Å². The fraction of sp³-hybridized carbons (Fsp3) is 0.444. The Kier molecular flexibility index (Phi) is 9.12. The molecule has 144 valence electrons. The number of halogens is 1. The van der Waals surface area contributed by atoms with Gasteiger partial charge in [-0.2, -0.15) is 0 Å². The Bertz CT molecular complexity index is 608. The molecule has 0 unspecified atom stereocenters. The van der Waals surface area contributed by atoms with Crippen LogP contribution in [0.4, 0.5) is 0 Å². The highest BCUT2D eigenvalue weighted by Gasteiger charge is 2.37. The molecule has 0 aliphatic carbocycles.